The molecule has 3 aromatic rings. The molecular weight excluding hydrogens is 409 g/mol. The van der Waals surface area contributed by atoms with Crippen molar-refractivity contribution < 1.29 is 4.79 Å². The van der Waals surface area contributed by atoms with Crippen molar-refractivity contribution in [2.75, 3.05) is 19.6 Å². The largest absolute Gasteiger partial charge is 0.336 e. The van der Waals surface area contributed by atoms with Crippen molar-refractivity contribution in [3.8, 4) is 11.3 Å². The second-order valence-corrected chi connectivity index (χ2v) is 7.45. The highest BCUT2D eigenvalue weighted by atomic mass is 35.5. The van der Waals surface area contributed by atoms with Crippen molar-refractivity contribution in [3.05, 3.63) is 48.2 Å². The smallest absolute Gasteiger partial charge is 0.254 e. The van der Waals surface area contributed by atoms with E-state index in [2.05, 4.69) is 31.2 Å². The minimum Gasteiger partial charge on any atom is -0.336 e. The van der Waals surface area contributed by atoms with Gasteiger partial charge in [-0.2, -0.15) is 5.10 Å². The number of carbonyl (C=O) groups excluding carboxylic acids is 1. The maximum Gasteiger partial charge on any atom is 0.254 e. The molecule has 3 heterocycles. The Morgan fingerprint density at radius 2 is 1.93 bits per heavy atom. The van der Waals surface area contributed by atoms with Crippen LogP contribution in [0.3, 0.4) is 0 Å². The molecule has 1 unspecified atom stereocenters. The zero-order chi connectivity index (χ0) is 19.0. The van der Waals surface area contributed by atoms with Crippen LogP contribution in [0.1, 0.15) is 37.2 Å². The molecular formula is C21H27Cl2N5O. The molecule has 1 amide bonds. The number of pyridine rings is 1. The summed E-state index contributed by atoms with van der Waals surface area (Å²) in [6.07, 6.45) is 1.77. The maximum atomic E-state index is 13.4. The lowest BCUT2D eigenvalue weighted by atomic mass is 10.1. The third-order valence-electron chi connectivity index (χ3n) is 5.01. The Kier molecular flexibility index (Phi) is 7.63. The zero-order valence-electron chi connectivity index (χ0n) is 16.8. The highest BCUT2D eigenvalue weighted by molar-refractivity contribution is 6.06. The van der Waals surface area contributed by atoms with E-state index in [0.29, 0.717) is 24.7 Å². The number of hydrogen-bond donors (Lipinski definition) is 1. The van der Waals surface area contributed by atoms with Gasteiger partial charge in [-0.1, -0.05) is 30.3 Å². The number of benzene rings is 1. The van der Waals surface area contributed by atoms with E-state index in [-0.39, 0.29) is 36.8 Å². The molecule has 8 heteroatoms. The van der Waals surface area contributed by atoms with Crippen LogP contribution >= 0.6 is 24.8 Å². The van der Waals surface area contributed by atoms with Gasteiger partial charge in [0.05, 0.1) is 22.8 Å². The van der Waals surface area contributed by atoms with Crippen molar-refractivity contribution in [1.82, 2.24) is 25.0 Å². The van der Waals surface area contributed by atoms with Gasteiger partial charge >= 0.3 is 0 Å². The van der Waals surface area contributed by atoms with Crippen LogP contribution in [0.2, 0.25) is 0 Å². The van der Waals surface area contributed by atoms with E-state index in [4.69, 9.17) is 4.98 Å². The molecule has 1 saturated heterocycles. The van der Waals surface area contributed by atoms with Crippen LogP contribution in [0, 0.1) is 0 Å². The number of carbonyl (C=O) groups is 1. The molecule has 1 fully saturated rings. The predicted octanol–water partition coefficient (Wildman–Crippen LogP) is 3.96. The lowest BCUT2D eigenvalue weighted by Gasteiger charge is -2.32. The van der Waals surface area contributed by atoms with Gasteiger partial charge in [-0.3, -0.25) is 4.79 Å². The van der Waals surface area contributed by atoms with Crippen LogP contribution < -0.4 is 5.32 Å². The van der Waals surface area contributed by atoms with Crippen LogP contribution in [0.4, 0.5) is 0 Å². The molecule has 6 nitrogen and oxygen atoms in total. The summed E-state index contributed by atoms with van der Waals surface area (Å²) < 4.78 is 1.89. The Bertz CT molecular complexity index is 974. The number of amides is 1. The van der Waals surface area contributed by atoms with Gasteiger partial charge < -0.3 is 10.2 Å². The van der Waals surface area contributed by atoms with Crippen LogP contribution in [-0.4, -0.2) is 51.2 Å². The molecule has 0 radical (unpaired) electrons. The Labute approximate surface area is 183 Å². The molecule has 1 atom stereocenters. The van der Waals surface area contributed by atoms with Crippen molar-refractivity contribution in [2.24, 2.45) is 0 Å². The van der Waals surface area contributed by atoms with Gasteiger partial charge in [-0.25, -0.2) is 9.67 Å². The summed E-state index contributed by atoms with van der Waals surface area (Å²) in [7, 11) is 0. The molecule has 1 N–H and O–H groups in total. The standard InChI is InChI=1S/C21H25N5O.2ClH/c1-14(2)26-20-18(12-23-26)17(21(27)25-10-9-22-15(3)13-25)11-19(24-20)16-7-5-4-6-8-16;;/h4-8,11-12,14-15,22H,9-10,13H2,1-3H3;2*1H. The van der Waals surface area contributed by atoms with Gasteiger partial charge in [0.15, 0.2) is 5.65 Å². The lowest BCUT2D eigenvalue weighted by Crippen LogP contribution is -2.51. The SMILES string of the molecule is CC1CN(C(=O)c2cc(-c3ccccc3)nc3c2cnn3C(C)C)CCN1.Cl.Cl. The van der Waals surface area contributed by atoms with E-state index in [1.54, 1.807) is 6.20 Å². The van der Waals surface area contributed by atoms with Crippen LogP contribution in [0.15, 0.2) is 42.6 Å². The Morgan fingerprint density at radius 3 is 2.59 bits per heavy atom. The summed E-state index contributed by atoms with van der Waals surface area (Å²) >= 11 is 0. The zero-order valence-corrected chi connectivity index (χ0v) is 18.5. The summed E-state index contributed by atoms with van der Waals surface area (Å²) in [5.41, 5.74) is 3.24. The third kappa shape index (κ3) is 4.55. The number of hydrogen-bond acceptors (Lipinski definition) is 4. The third-order valence-corrected chi connectivity index (χ3v) is 5.01. The summed E-state index contributed by atoms with van der Waals surface area (Å²) in [5, 5.41) is 8.71. The number of piperazine rings is 1. The number of nitrogens with zero attached hydrogens (tertiary/aromatic N) is 4. The average Bonchev–Trinajstić information content (AvgIpc) is 3.11. The van der Waals surface area contributed by atoms with E-state index in [9.17, 15) is 4.79 Å². The second kappa shape index (κ2) is 9.57. The van der Waals surface area contributed by atoms with Gasteiger partial charge in [-0.15, -0.1) is 24.8 Å². The quantitative estimate of drug-likeness (QED) is 0.675. The van der Waals surface area contributed by atoms with Gasteiger partial charge in [0.1, 0.15) is 0 Å². The van der Waals surface area contributed by atoms with Gasteiger partial charge in [-0.05, 0) is 26.8 Å². The van der Waals surface area contributed by atoms with Crippen molar-refractivity contribution in [1.29, 1.82) is 0 Å². The van der Waals surface area contributed by atoms with Gasteiger partial charge in [0.2, 0.25) is 0 Å². The first kappa shape index (κ1) is 23.1. The lowest BCUT2D eigenvalue weighted by molar-refractivity contribution is 0.0711. The van der Waals surface area contributed by atoms with Crippen molar-refractivity contribution >= 4 is 41.8 Å². The number of aromatic nitrogens is 3. The van der Waals surface area contributed by atoms with E-state index in [1.807, 2.05) is 46.0 Å². The second-order valence-electron chi connectivity index (χ2n) is 7.45. The Balaban J connectivity index is 0.00000150. The molecule has 4 rings (SSSR count). The number of rotatable bonds is 3. The number of fused-ring (bicyclic) bond motifs is 1. The Morgan fingerprint density at radius 1 is 1.21 bits per heavy atom. The highest BCUT2D eigenvalue weighted by Crippen LogP contribution is 2.27. The molecule has 0 saturated carbocycles. The molecule has 2 aromatic heterocycles. The van der Waals surface area contributed by atoms with E-state index in [1.165, 1.54) is 0 Å². The average molecular weight is 436 g/mol. The summed E-state index contributed by atoms with van der Waals surface area (Å²) in [4.78, 5) is 20.1. The fourth-order valence-corrected chi connectivity index (χ4v) is 3.62. The summed E-state index contributed by atoms with van der Waals surface area (Å²) in [5.74, 6) is 0.0521. The first-order valence-corrected chi connectivity index (χ1v) is 9.51. The topological polar surface area (TPSA) is 63.1 Å². The Hall–Kier alpha value is -2.15. The normalized spacial score (nSPS) is 16.4. The maximum absolute atomic E-state index is 13.4. The molecule has 0 spiro atoms. The summed E-state index contributed by atoms with van der Waals surface area (Å²) in [6, 6.07) is 12.4. The van der Waals surface area contributed by atoms with Gasteiger partial charge in [0.25, 0.3) is 5.91 Å². The minimum absolute atomic E-state index is 0. The molecule has 0 bridgehead atoms. The van der Waals surface area contributed by atoms with Gasteiger partial charge in [0, 0.05) is 37.3 Å². The minimum atomic E-state index is 0. The first-order chi connectivity index (χ1) is 13.0. The van der Waals surface area contributed by atoms with Crippen LogP contribution in [0.25, 0.3) is 22.3 Å². The summed E-state index contributed by atoms with van der Waals surface area (Å²) in [6.45, 7) is 8.49. The number of halogens is 2. The monoisotopic (exact) mass is 435 g/mol. The highest BCUT2D eigenvalue weighted by Gasteiger charge is 2.25. The molecule has 1 aliphatic rings. The van der Waals surface area contributed by atoms with Crippen LogP contribution in [0.5, 0.6) is 0 Å². The first-order valence-electron chi connectivity index (χ1n) is 9.51. The molecule has 0 aliphatic carbocycles. The van der Waals surface area contributed by atoms with E-state index in [0.717, 1.165) is 28.8 Å². The molecule has 29 heavy (non-hydrogen) atoms. The van der Waals surface area contributed by atoms with E-state index < -0.39 is 0 Å². The van der Waals surface area contributed by atoms with Crippen molar-refractivity contribution in [2.45, 2.75) is 32.9 Å². The molecule has 1 aliphatic heterocycles. The predicted molar refractivity (Wildman–Crippen MR) is 121 cm³/mol. The number of nitrogens with one attached hydrogen (secondary N) is 1. The van der Waals surface area contributed by atoms with Crippen LogP contribution in [-0.2, 0) is 0 Å². The van der Waals surface area contributed by atoms with Crippen molar-refractivity contribution in [3.63, 3.8) is 0 Å². The molecule has 156 valence electrons. The van der Waals surface area contributed by atoms with E-state index >= 15 is 0 Å². The molecule has 1 aromatic carbocycles. The fourth-order valence-electron chi connectivity index (χ4n) is 3.62. The fraction of sp³-hybridized carbons (Fsp3) is 0.381.